The zero-order valence-electron chi connectivity index (χ0n) is 19.1. The third-order valence-electron chi connectivity index (χ3n) is 5.23. The van der Waals surface area contributed by atoms with E-state index in [1.807, 2.05) is 13.8 Å². The molecule has 0 heterocycles. The minimum Gasteiger partial charge on any atom is -0.352 e. The summed E-state index contributed by atoms with van der Waals surface area (Å²) < 4.78 is 39.3. The topological polar surface area (TPSA) is 86.8 Å². The number of halogens is 2. The summed E-state index contributed by atoms with van der Waals surface area (Å²) in [5.74, 6) is -1.40. The molecule has 1 N–H and O–H groups in total. The Morgan fingerprint density at radius 3 is 2.24 bits per heavy atom. The maximum Gasteiger partial charge on any atom is 0.244 e. The SMILES string of the molecule is CC[C@H](C)NC(=O)[C@@H](C)N(Cc1ccc(F)cc1)C(=O)CN(c1ccccc1Cl)S(C)(=O)=O. The van der Waals surface area contributed by atoms with Crippen molar-refractivity contribution in [1.82, 2.24) is 10.2 Å². The van der Waals surface area contributed by atoms with Gasteiger partial charge in [0.05, 0.1) is 17.0 Å². The number of amides is 2. The Hall–Kier alpha value is -2.65. The van der Waals surface area contributed by atoms with Crippen LogP contribution in [0.5, 0.6) is 0 Å². The van der Waals surface area contributed by atoms with Gasteiger partial charge in [-0.25, -0.2) is 12.8 Å². The highest BCUT2D eigenvalue weighted by Crippen LogP contribution is 2.27. The van der Waals surface area contributed by atoms with E-state index < -0.39 is 34.3 Å². The molecule has 7 nitrogen and oxygen atoms in total. The van der Waals surface area contributed by atoms with Crippen molar-refractivity contribution in [1.29, 1.82) is 0 Å². The van der Waals surface area contributed by atoms with Crippen molar-refractivity contribution in [3.8, 4) is 0 Å². The van der Waals surface area contributed by atoms with Gasteiger partial charge in [-0.2, -0.15) is 0 Å². The molecule has 0 aliphatic rings. The van der Waals surface area contributed by atoms with Crippen LogP contribution in [0.4, 0.5) is 10.1 Å². The molecule has 2 amide bonds. The number of nitrogens with zero attached hydrogens (tertiary/aromatic N) is 2. The van der Waals surface area contributed by atoms with Crippen molar-refractivity contribution < 1.29 is 22.4 Å². The molecule has 2 rings (SSSR count). The van der Waals surface area contributed by atoms with Gasteiger partial charge in [0.15, 0.2) is 0 Å². The van der Waals surface area contributed by atoms with Crippen LogP contribution in [0.2, 0.25) is 5.02 Å². The molecule has 0 radical (unpaired) electrons. The summed E-state index contributed by atoms with van der Waals surface area (Å²) in [6.07, 6.45) is 1.69. The second kappa shape index (κ2) is 11.5. The van der Waals surface area contributed by atoms with Crippen molar-refractivity contribution >= 4 is 39.1 Å². The predicted molar refractivity (Wildman–Crippen MR) is 128 cm³/mol. The smallest absolute Gasteiger partial charge is 0.244 e. The van der Waals surface area contributed by atoms with Crippen LogP contribution in [0.1, 0.15) is 32.8 Å². The van der Waals surface area contributed by atoms with Crippen molar-refractivity contribution in [2.24, 2.45) is 0 Å². The molecule has 0 aromatic heterocycles. The summed E-state index contributed by atoms with van der Waals surface area (Å²) in [7, 11) is -3.87. The predicted octanol–water partition coefficient (Wildman–Crippen LogP) is 3.58. The van der Waals surface area contributed by atoms with Gasteiger partial charge in [-0.1, -0.05) is 42.8 Å². The molecule has 0 saturated heterocycles. The fourth-order valence-corrected chi connectivity index (χ4v) is 4.23. The number of carbonyl (C=O) groups excluding carboxylic acids is 2. The van der Waals surface area contributed by atoms with Crippen molar-refractivity contribution in [2.45, 2.75) is 45.8 Å². The maximum atomic E-state index is 13.4. The van der Waals surface area contributed by atoms with E-state index >= 15 is 0 Å². The summed E-state index contributed by atoms with van der Waals surface area (Å²) in [4.78, 5) is 27.4. The van der Waals surface area contributed by atoms with Gasteiger partial charge in [-0.15, -0.1) is 0 Å². The second-order valence-corrected chi connectivity index (χ2v) is 10.2. The molecule has 180 valence electrons. The van der Waals surface area contributed by atoms with Crippen LogP contribution in [-0.4, -0.2) is 50.0 Å². The van der Waals surface area contributed by atoms with Gasteiger partial charge in [0.1, 0.15) is 18.4 Å². The molecular weight excluding hydrogens is 469 g/mol. The molecule has 33 heavy (non-hydrogen) atoms. The van der Waals surface area contributed by atoms with E-state index in [4.69, 9.17) is 11.6 Å². The first-order chi connectivity index (χ1) is 15.4. The summed E-state index contributed by atoms with van der Waals surface area (Å²) in [5.41, 5.74) is 0.755. The Labute approximate surface area is 199 Å². The first-order valence-corrected chi connectivity index (χ1v) is 12.7. The number of hydrogen-bond acceptors (Lipinski definition) is 4. The van der Waals surface area contributed by atoms with Gasteiger partial charge in [-0.05, 0) is 50.1 Å². The molecular formula is C23H29ClFN3O4S. The summed E-state index contributed by atoms with van der Waals surface area (Å²) in [6.45, 7) is 4.78. The first-order valence-electron chi connectivity index (χ1n) is 10.5. The highest BCUT2D eigenvalue weighted by molar-refractivity contribution is 7.92. The molecule has 2 aromatic carbocycles. The highest BCUT2D eigenvalue weighted by Gasteiger charge is 2.31. The van der Waals surface area contributed by atoms with Gasteiger partial charge in [0, 0.05) is 12.6 Å². The quantitative estimate of drug-likeness (QED) is 0.543. The Morgan fingerprint density at radius 2 is 1.70 bits per heavy atom. The average molecular weight is 498 g/mol. The Bertz CT molecular complexity index is 1080. The molecule has 2 aromatic rings. The van der Waals surface area contributed by atoms with Crippen LogP contribution < -0.4 is 9.62 Å². The van der Waals surface area contributed by atoms with E-state index in [2.05, 4.69) is 5.32 Å². The molecule has 0 spiro atoms. The van der Waals surface area contributed by atoms with Crippen LogP contribution >= 0.6 is 11.6 Å². The summed E-state index contributed by atoms with van der Waals surface area (Å²) in [5, 5.41) is 3.01. The lowest BCUT2D eigenvalue weighted by atomic mass is 10.1. The average Bonchev–Trinajstić information content (AvgIpc) is 2.76. The lowest BCUT2D eigenvalue weighted by Crippen LogP contribution is -2.52. The lowest BCUT2D eigenvalue weighted by Gasteiger charge is -2.32. The molecule has 0 bridgehead atoms. The van der Waals surface area contributed by atoms with E-state index in [9.17, 15) is 22.4 Å². The van der Waals surface area contributed by atoms with Crippen LogP contribution in [0.15, 0.2) is 48.5 Å². The normalized spacial score (nSPS) is 13.2. The molecule has 0 aliphatic carbocycles. The minimum atomic E-state index is -3.87. The number of sulfonamides is 1. The van der Waals surface area contributed by atoms with Gasteiger partial charge < -0.3 is 10.2 Å². The largest absolute Gasteiger partial charge is 0.352 e. The number of hydrogen-bond donors (Lipinski definition) is 1. The molecule has 0 saturated carbocycles. The lowest BCUT2D eigenvalue weighted by molar-refractivity contribution is -0.139. The zero-order valence-corrected chi connectivity index (χ0v) is 20.7. The number of para-hydroxylation sites is 1. The molecule has 0 fully saturated rings. The van der Waals surface area contributed by atoms with E-state index in [1.165, 1.54) is 41.3 Å². The van der Waals surface area contributed by atoms with Crippen molar-refractivity contribution in [3.63, 3.8) is 0 Å². The fraction of sp³-hybridized carbons (Fsp3) is 0.391. The van der Waals surface area contributed by atoms with E-state index in [0.29, 0.717) is 12.0 Å². The van der Waals surface area contributed by atoms with Crippen LogP contribution in [0.3, 0.4) is 0 Å². The van der Waals surface area contributed by atoms with E-state index in [-0.39, 0.29) is 29.2 Å². The maximum absolute atomic E-state index is 13.4. The Kier molecular flexibility index (Phi) is 9.25. The monoisotopic (exact) mass is 497 g/mol. The molecule has 0 aliphatic heterocycles. The number of nitrogens with one attached hydrogen (secondary N) is 1. The summed E-state index contributed by atoms with van der Waals surface area (Å²) in [6, 6.07) is 10.8. The molecule has 2 atom stereocenters. The Balaban J connectivity index is 2.39. The van der Waals surface area contributed by atoms with Gasteiger partial charge in [0.25, 0.3) is 0 Å². The van der Waals surface area contributed by atoms with Crippen molar-refractivity contribution in [3.05, 3.63) is 64.9 Å². The minimum absolute atomic E-state index is 0.00563. The molecule has 0 unspecified atom stereocenters. The standard InChI is InChI=1S/C23H29ClFN3O4S/c1-5-16(2)26-23(30)17(3)27(14-18-10-12-19(25)13-11-18)22(29)15-28(33(4,31)32)21-9-7-6-8-20(21)24/h6-13,16-17H,5,14-15H2,1-4H3,(H,26,30)/t16-,17+/m0/s1. The Morgan fingerprint density at radius 1 is 1.09 bits per heavy atom. The number of anilines is 1. The third-order valence-corrected chi connectivity index (χ3v) is 6.68. The first kappa shape index (κ1) is 26.6. The fourth-order valence-electron chi connectivity index (χ4n) is 3.08. The van der Waals surface area contributed by atoms with E-state index in [1.54, 1.807) is 19.1 Å². The summed E-state index contributed by atoms with van der Waals surface area (Å²) >= 11 is 6.19. The van der Waals surface area contributed by atoms with Crippen LogP contribution in [-0.2, 0) is 26.2 Å². The second-order valence-electron chi connectivity index (χ2n) is 7.86. The number of benzene rings is 2. The third kappa shape index (κ3) is 7.43. The van der Waals surface area contributed by atoms with Gasteiger partial charge >= 0.3 is 0 Å². The number of rotatable bonds is 10. The van der Waals surface area contributed by atoms with Crippen molar-refractivity contribution in [2.75, 3.05) is 17.1 Å². The number of carbonyl (C=O) groups is 2. The van der Waals surface area contributed by atoms with Gasteiger partial charge in [0.2, 0.25) is 21.8 Å². The van der Waals surface area contributed by atoms with Crippen LogP contribution in [0.25, 0.3) is 0 Å². The van der Waals surface area contributed by atoms with Crippen LogP contribution in [0, 0.1) is 5.82 Å². The highest BCUT2D eigenvalue weighted by atomic mass is 35.5. The van der Waals surface area contributed by atoms with E-state index in [0.717, 1.165) is 10.6 Å². The molecule has 10 heteroatoms. The zero-order chi connectivity index (χ0) is 24.8. The van der Waals surface area contributed by atoms with Gasteiger partial charge in [-0.3, -0.25) is 13.9 Å².